The van der Waals surface area contributed by atoms with Crippen molar-refractivity contribution < 1.29 is 14.7 Å². The average molecular weight is 291 g/mol. The molecule has 1 unspecified atom stereocenters. The Bertz CT molecular complexity index is 553. The zero-order valence-corrected chi connectivity index (χ0v) is 12.4. The van der Waals surface area contributed by atoms with Crippen LogP contribution in [0.3, 0.4) is 0 Å². The average Bonchev–Trinajstić information content (AvgIpc) is 2.81. The number of imidazole rings is 1. The highest BCUT2D eigenvalue weighted by atomic mass is 16.4. The summed E-state index contributed by atoms with van der Waals surface area (Å²) in [6, 6.07) is -0.0490. The maximum Gasteiger partial charge on any atom is 0.307 e. The van der Waals surface area contributed by atoms with Crippen LogP contribution in [0.4, 0.5) is 0 Å². The van der Waals surface area contributed by atoms with E-state index in [1.165, 1.54) is 0 Å². The molecule has 1 aliphatic carbocycles. The van der Waals surface area contributed by atoms with Gasteiger partial charge in [-0.2, -0.15) is 0 Å². The number of aromatic amines is 1. The number of piperidine rings is 1. The van der Waals surface area contributed by atoms with Crippen LogP contribution in [0.5, 0.6) is 0 Å². The molecule has 1 saturated carbocycles. The Morgan fingerprint density at radius 3 is 2.71 bits per heavy atom. The SMILES string of the molecule is CC1(C)[C@H](C(=O)O)[C@@H]1C(=O)N1CCCCC1c1ncc[nH]1. The summed E-state index contributed by atoms with van der Waals surface area (Å²) in [6.07, 6.45) is 6.35. The van der Waals surface area contributed by atoms with E-state index in [-0.39, 0.29) is 11.9 Å². The van der Waals surface area contributed by atoms with Gasteiger partial charge in [0.2, 0.25) is 5.91 Å². The molecule has 6 heteroatoms. The van der Waals surface area contributed by atoms with Crippen LogP contribution in [0, 0.1) is 17.3 Å². The molecule has 1 aromatic rings. The third-order valence-corrected chi connectivity index (χ3v) is 4.98. The number of carbonyl (C=O) groups excluding carboxylic acids is 1. The Morgan fingerprint density at radius 2 is 2.14 bits per heavy atom. The van der Waals surface area contributed by atoms with E-state index < -0.39 is 23.2 Å². The van der Waals surface area contributed by atoms with Crippen molar-refractivity contribution in [3.63, 3.8) is 0 Å². The second-order valence-electron chi connectivity index (χ2n) is 6.63. The lowest BCUT2D eigenvalue weighted by molar-refractivity contribution is -0.143. The number of rotatable bonds is 3. The molecule has 2 aliphatic rings. The molecule has 3 rings (SSSR count). The first-order chi connectivity index (χ1) is 9.94. The molecule has 1 aromatic heterocycles. The van der Waals surface area contributed by atoms with Gasteiger partial charge in [-0.25, -0.2) is 4.98 Å². The Hall–Kier alpha value is -1.85. The number of hydrogen-bond donors (Lipinski definition) is 2. The van der Waals surface area contributed by atoms with Gasteiger partial charge >= 0.3 is 5.97 Å². The first-order valence-corrected chi connectivity index (χ1v) is 7.47. The number of hydrogen-bond acceptors (Lipinski definition) is 3. The van der Waals surface area contributed by atoms with Gasteiger partial charge in [0.05, 0.1) is 17.9 Å². The van der Waals surface area contributed by atoms with Gasteiger partial charge in [-0.1, -0.05) is 13.8 Å². The van der Waals surface area contributed by atoms with E-state index >= 15 is 0 Å². The lowest BCUT2D eigenvalue weighted by Crippen LogP contribution is -2.40. The molecule has 1 saturated heterocycles. The van der Waals surface area contributed by atoms with Crippen molar-refractivity contribution in [2.75, 3.05) is 6.54 Å². The number of carboxylic acids is 1. The zero-order chi connectivity index (χ0) is 15.2. The Morgan fingerprint density at radius 1 is 1.38 bits per heavy atom. The fourth-order valence-electron chi connectivity index (χ4n) is 3.68. The minimum atomic E-state index is -0.870. The second kappa shape index (κ2) is 4.86. The van der Waals surface area contributed by atoms with Gasteiger partial charge in [-0.05, 0) is 24.7 Å². The molecule has 1 amide bonds. The van der Waals surface area contributed by atoms with Gasteiger partial charge in [0.1, 0.15) is 5.82 Å². The fourth-order valence-corrected chi connectivity index (χ4v) is 3.68. The van der Waals surface area contributed by atoms with Gasteiger partial charge in [-0.15, -0.1) is 0 Å². The van der Waals surface area contributed by atoms with Gasteiger partial charge < -0.3 is 15.0 Å². The summed E-state index contributed by atoms with van der Waals surface area (Å²) in [6.45, 7) is 4.41. The van der Waals surface area contributed by atoms with Crippen molar-refractivity contribution in [2.45, 2.75) is 39.2 Å². The van der Waals surface area contributed by atoms with Crippen LogP contribution in [0.1, 0.15) is 45.0 Å². The Balaban J connectivity index is 1.81. The monoisotopic (exact) mass is 291 g/mol. The lowest BCUT2D eigenvalue weighted by Gasteiger charge is -2.35. The topological polar surface area (TPSA) is 86.3 Å². The number of carboxylic acid groups (broad SMARTS) is 1. The van der Waals surface area contributed by atoms with Crippen LogP contribution in [-0.2, 0) is 9.59 Å². The molecule has 6 nitrogen and oxygen atoms in total. The van der Waals surface area contributed by atoms with Crippen LogP contribution in [0.25, 0.3) is 0 Å². The van der Waals surface area contributed by atoms with Gasteiger partial charge in [-0.3, -0.25) is 9.59 Å². The minimum Gasteiger partial charge on any atom is -0.481 e. The lowest BCUT2D eigenvalue weighted by atomic mass is 9.99. The molecule has 0 bridgehead atoms. The highest BCUT2D eigenvalue weighted by Gasteiger charge is 2.67. The molecule has 114 valence electrons. The van der Waals surface area contributed by atoms with Crippen molar-refractivity contribution in [2.24, 2.45) is 17.3 Å². The largest absolute Gasteiger partial charge is 0.481 e. The van der Waals surface area contributed by atoms with Crippen LogP contribution in [-0.4, -0.2) is 38.4 Å². The zero-order valence-electron chi connectivity index (χ0n) is 12.4. The third-order valence-electron chi connectivity index (χ3n) is 4.98. The minimum absolute atomic E-state index is 0.0338. The van der Waals surface area contributed by atoms with Crippen LogP contribution in [0.15, 0.2) is 12.4 Å². The van der Waals surface area contributed by atoms with Crippen molar-refractivity contribution in [3.8, 4) is 0 Å². The van der Waals surface area contributed by atoms with Gasteiger partial charge in [0, 0.05) is 18.9 Å². The van der Waals surface area contributed by atoms with E-state index in [2.05, 4.69) is 9.97 Å². The summed E-state index contributed by atoms with van der Waals surface area (Å²) in [7, 11) is 0. The highest BCUT2D eigenvalue weighted by Crippen LogP contribution is 2.59. The summed E-state index contributed by atoms with van der Waals surface area (Å²) < 4.78 is 0. The molecule has 0 spiro atoms. The summed E-state index contributed by atoms with van der Waals surface area (Å²) in [5.74, 6) is -1.08. The predicted molar refractivity (Wildman–Crippen MR) is 75.3 cm³/mol. The highest BCUT2D eigenvalue weighted by molar-refractivity contribution is 5.91. The summed E-state index contributed by atoms with van der Waals surface area (Å²) in [4.78, 5) is 33.3. The number of nitrogens with one attached hydrogen (secondary N) is 1. The van der Waals surface area contributed by atoms with E-state index in [9.17, 15) is 14.7 Å². The molecule has 0 aromatic carbocycles. The standard InChI is InChI=1S/C15H21N3O3/c1-15(2)10(11(15)14(20)21)13(19)18-8-4-3-5-9(18)12-16-6-7-17-12/h6-7,9-11H,3-5,8H2,1-2H3,(H,16,17)(H,20,21)/t9?,10-,11+/m1/s1. The number of likely N-dealkylation sites (tertiary alicyclic amines) is 1. The first kappa shape index (κ1) is 14.1. The van der Waals surface area contributed by atoms with Gasteiger partial charge in [0.25, 0.3) is 0 Å². The van der Waals surface area contributed by atoms with Crippen LogP contribution in [0.2, 0.25) is 0 Å². The molecular formula is C15H21N3O3. The normalized spacial score (nSPS) is 31.0. The van der Waals surface area contributed by atoms with E-state index in [0.29, 0.717) is 6.54 Å². The number of carbonyl (C=O) groups is 2. The summed E-state index contributed by atoms with van der Waals surface area (Å²) in [5.41, 5.74) is -0.450. The molecule has 3 atom stereocenters. The molecule has 2 heterocycles. The molecule has 1 aliphatic heterocycles. The Kier molecular flexibility index (Phi) is 3.26. The smallest absolute Gasteiger partial charge is 0.307 e. The molecular weight excluding hydrogens is 270 g/mol. The summed E-state index contributed by atoms with van der Waals surface area (Å²) >= 11 is 0. The van der Waals surface area contributed by atoms with E-state index in [1.54, 1.807) is 12.4 Å². The first-order valence-electron chi connectivity index (χ1n) is 7.47. The van der Waals surface area contributed by atoms with E-state index in [1.807, 2.05) is 18.7 Å². The maximum atomic E-state index is 12.8. The van der Waals surface area contributed by atoms with Crippen molar-refractivity contribution in [3.05, 3.63) is 18.2 Å². The maximum absolute atomic E-state index is 12.8. The van der Waals surface area contributed by atoms with Crippen LogP contribution < -0.4 is 0 Å². The second-order valence-corrected chi connectivity index (χ2v) is 6.63. The number of H-pyrrole nitrogens is 1. The number of aliphatic carboxylic acids is 1. The van der Waals surface area contributed by atoms with E-state index in [0.717, 1.165) is 25.1 Å². The molecule has 2 N–H and O–H groups in total. The van der Waals surface area contributed by atoms with Gasteiger partial charge in [0.15, 0.2) is 0 Å². The Labute approximate surface area is 123 Å². The van der Waals surface area contributed by atoms with Crippen molar-refractivity contribution in [1.82, 2.24) is 14.9 Å². The number of nitrogens with zero attached hydrogens (tertiary/aromatic N) is 2. The molecule has 0 radical (unpaired) electrons. The number of aromatic nitrogens is 2. The molecule has 2 fully saturated rings. The van der Waals surface area contributed by atoms with Crippen molar-refractivity contribution >= 4 is 11.9 Å². The quantitative estimate of drug-likeness (QED) is 0.889. The summed E-state index contributed by atoms with van der Waals surface area (Å²) in [5, 5.41) is 9.27. The fraction of sp³-hybridized carbons (Fsp3) is 0.667. The van der Waals surface area contributed by atoms with Crippen molar-refractivity contribution in [1.29, 1.82) is 0 Å². The van der Waals surface area contributed by atoms with E-state index in [4.69, 9.17) is 0 Å². The molecule has 21 heavy (non-hydrogen) atoms. The third kappa shape index (κ3) is 2.22. The predicted octanol–water partition coefficient (Wildman–Crippen LogP) is 1.82. The number of amides is 1. The van der Waals surface area contributed by atoms with Crippen LogP contribution >= 0.6 is 0 Å².